The molecule has 6 nitrogen and oxygen atoms in total. The van der Waals surface area contributed by atoms with Gasteiger partial charge in [-0.25, -0.2) is 4.79 Å². The average molecular weight is 471 g/mol. The minimum absolute atomic E-state index is 0.0278. The van der Waals surface area contributed by atoms with Crippen LogP contribution < -0.4 is 9.47 Å². The third-order valence-corrected chi connectivity index (χ3v) is 5.51. The number of rotatable bonds is 17. The Balaban J connectivity index is 2.02. The van der Waals surface area contributed by atoms with Gasteiger partial charge >= 0.3 is 11.9 Å². The third kappa shape index (κ3) is 9.86. The molecule has 34 heavy (non-hydrogen) atoms. The summed E-state index contributed by atoms with van der Waals surface area (Å²) in [6.45, 7) is 4.83. The molecule has 2 aromatic rings. The molecule has 0 aliphatic heterocycles. The SMILES string of the molecule is CCCCCCCCCCOc1cc(Oc2ccccc2C(=O)OCC)ccc1CCC(=O)O. The van der Waals surface area contributed by atoms with Crippen molar-refractivity contribution >= 4 is 11.9 Å². The van der Waals surface area contributed by atoms with E-state index >= 15 is 0 Å². The first-order valence-electron chi connectivity index (χ1n) is 12.5. The van der Waals surface area contributed by atoms with Crippen molar-refractivity contribution in [2.75, 3.05) is 13.2 Å². The number of para-hydroxylation sites is 1. The van der Waals surface area contributed by atoms with E-state index in [1.54, 1.807) is 43.3 Å². The smallest absolute Gasteiger partial charge is 0.341 e. The van der Waals surface area contributed by atoms with E-state index in [1.165, 1.54) is 38.5 Å². The maximum atomic E-state index is 12.2. The van der Waals surface area contributed by atoms with Crippen LogP contribution in [0, 0.1) is 0 Å². The van der Waals surface area contributed by atoms with Crippen molar-refractivity contribution in [3.05, 3.63) is 53.6 Å². The lowest BCUT2D eigenvalue weighted by molar-refractivity contribution is -0.136. The number of carbonyl (C=O) groups excluding carboxylic acids is 1. The Hall–Kier alpha value is -3.02. The van der Waals surface area contributed by atoms with Crippen molar-refractivity contribution < 1.29 is 28.9 Å². The van der Waals surface area contributed by atoms with Crippen LogP contribution in [0.5, 0.6) is 17.2 Å². The predicted molar refractivity (Wildman–Crippen MR) is 133 cm³/mol. The number of aryl methyl sites for hydroxylation is 1. The number of benzene rings is 2. The number of carbonyl (C=O) groups is 2. The van der Waals surface area contributed by atoms with Gasteiger partial charge in [-0.1, -0.05) is 70.1 Å². The highest BCUT2D eigenvalue weighted by atomic mass is 16.5. The predicted octanol–water partition coefficient (Wildman–Crippen LogP) is 7.19. The number of ether oxygens (including phenoxy) is 3. The molecule has 0 radical (unpaired) electrons. The van der Waals surface area contributed by atoms with Gasteiger partial charge in [0.15, 0.2) is 0 Å². The zero-order chi connectivity index (χ0) is 24.6. The van der Waals surface area contributed by atoms with Crippen molar-refractivity contribution in [3.8, 4) is 17.2 Å². The van der Waals surface area contributed by atoms with E-state index in [0.29, 0.717) is 35.8 Å². The van der Waals surface area contributed by atoms with Gasteiger partial charge in [-0.15, -0.1) is 0 Å². The molecule has 0 fully saturated rings. The Labute approximate surface area is 203 Å². The molecule has 0 atom stereocenters. The molecule has 0 aliphatic rings. The summed E-state index contributed by atoms with van der Waals surface area (Å²) in [7, 11) is 0. The third-order valence-electron chi connectivity index (χ3n) is 5.51. The summed E-state index contributed by atoms with van der Waals surface area (Å²) >= 11 is 0. The fourth-order valence-corrected chi connectivity index (χ4v) is 3.66. The number of hydrogen-bond acceptors (Lipinski definition) is 5. The second kappa shape index (κ2) is 15.8. The van der Waals surface area contributed by atoms with Crippen LogP contribution in [0.3, 0.4) is 0 Å². The summed E-state index contributed by atoms with van der Waals surface area (Å²) < 4.78 is 17.2. The summed E-state index contributed by atoms with van der Waals surface area (Å²) in [4.78, 5) is 23.3. The average Bonchev–Trinajstić information content (AvgIpc) is 2.83. The van der Waals surface area contributed by atoms with E-state index in [-0.39, 0.29) is 13.0 Å². The number of carboxylic acids is 1. The van der Waals surface area contributed by atoms with Crippen LogP contribution in [0.1, 0.15) is 87.6 Å². The Morgan fingerprint density at radius 3 is 2.26 bits per heavy atom. The number of unbranched alkanes of at least 4 members (excludes halogenated alkanes) is 7. The van der Waals surface area contributed by atoms with Gasteiger partial charge in [0, 0.05) is 12.5 Å². The maximum absolute atomic E-state index is 12.2. The molecule has 0 saturated heterocycles. The fraction of sp³-hybridized carbons (Fsp3) is 0.500. The Bertz CT molecular complexity index is 892. The van der Waals surface area contributed by atoms with Crippen LogP contribution in [0.4, 0.5) is 0 Å². The highest BCUT2D eigenvalue weighted by molar-refractivity contribution is 5.92. The molecule has 0 unspecified atom stereocenters. The Morgan fingerprint density at radius 2 is 1.56 bits per heavy atom. The van der Waals surface area contributed by atoms with Crippen molar-refractivity contribution in [2.24, 2.45) is 0 Å². The van der Waals surface area contributed by atoms with Gasteiger partial charge < -0.3 is 19.3 Å². The van der Waals surface area contributed by atoms with E-state index in [0.717, 1.165) is 18.4 Å². The lowest BCUT2D eigenvalue weighted by Gasteiger charge is -2.15. The Kier molecular flexibility index (Phi) is 12.6. The number of aliphatic carboxylic acids is 1. The van der Waals surface area contributed by atoms with Gasteiger partial charge in [-0.05, 0) is 43.5 Å². The molecule has 0 amide bonds. The summed E-state index contributed by atoms with van der Waals surface area (Å²) in [6, 6.07) is 12.3. The standard InChI is InChI=1S/C28H38O6/c1-3-5-6-7-8-9-10-13-20-33-26-21-23(18-16-22(26)17-19-27(29)30)34-25-15-12-11-14-24(25)28(31)32-4-2/h11-12,14-16,18,21H,3-10,13,17,19-20H2,1-2H3,(H,29,30). The van der Waals surface area contributed by atoms with Gasteiger partial charge in [0.25, 0.3) is 0 Å². The molecule has 0 saturated carbocycles. The van der Waals surface area contributed by atoms with Crippen molar-refractivity contribution in [1.29, 1.82) is 0 Å². The van der Waals surface area contributed by atoms with E-state index in [2.05, 4.69) is 6.92 Å². The summed E-state index contributed by atoms with van der Waals surface area (Å²) in [5, 5.41) is 9.08. The molecule has 6 heteroatoms. The normalized spacial score (nSPS) is 10.6. The van der Waals surface area contributed by atoms with E-state index in [4.69, 9.17) is 19.3 Å². The maximum Gasteiger partial charge on any atom is 0.341 e. The number of carboxylic acid groups (broad SMARTS) is 1. The van der Waals surface area contributed by atoms with Crippen molar-refractivity contribution in [3.63, 3.8) is 0 Å². The van der Waals surface area contributed by atoms with Gasteiger partial charge in [-0.2, -0.15) is 0 Å². The quantitative estimate of drug-likeness (QED) is 0.195. The molecule has 2 aromatic carbocycles. The van der Waals surface area contributed by atoms with E-state index < -0.39 is 11.9 Å². The molecule has 186 valence electrons. The summed E-state index contributed by atoms with van der Waals surface area (Å²) in [6.07, 6.45) is 10.1. The van der Waals surface area contributed by atoms with E-state index in [9.17, 15) is 9.59 Å². The first-order chi connectivity index (χ1) is 16.5. The van der Waals surface area contributed by atoms with Gasteiger partial charge in [0.05, 0.1) is 13.2 Å². The van der Waals surface area contributed by atoms with Crippen LogP contribution in [-0.2, 0) is 16.0 Å². The van der Waals surface area contributed by atoms with Crippen LogP contribution in [0.25, 0.3) is 0 Å². The zero-order valence-electron chi connectivity index (χ0n) is 20.5. The van der Waals surface area contributed by atoms with E-state index in [1.807, 2.05) is 6.07 Å². The first-order valence-corrected chi connectivity index (χ1v) is 12.5. The minimum atomic E-state index is -0.849. The second-order valence-corrected chi connectivity index (χ2v) is 8.31. The topological polar surface area (TPSA) is 82.1 Å². The molecule has 0 heterocycles. The first kappa shape index (κ1) is 27.2. The molecule has 0 bridgehead atoms. The van der Waals surface area contributed by atoms with Crippen LogP contribution in [-0.4, -0.2) is 30.3 Å². The molecule has 0 aliphatic carbocycles. The van der Waals surface area contributed by atoms with Crippen molar-refractivity contribution in [2.45, 2.75) is 78.1 Å². The largest absolute Gasteiger partial charge is 0.493 e. The molecular formula is C28H38O6. The number of esters is 1. The monoisotopic (exact) mass is 470 g/mol. The zero-order valence-corrected chi connectivity index (χ0v) is 20.5. The highest BCUT2D eigenvalue weighted by Gasteiger charge is 2.15. The highest BCUT2D eigenvalue weighted by Crippen LogP contribution is 2.31. The summed E-state index contributed by atoms with van der Waals surface area (Å²) in [5.74, 6) is 0.241. The van der Waals surface area contributed by atoms with Crippen LogP contribution in [0.15, 0.2) is 42.5 Å². The molecule has 0 aromatic heterocycles. The Morgan fingerprint density at radius 1 is 0.853 bits per heavy atom. The molecule has 1 N–H and O–H groups in total. The molecular weight excluding hydrogens is 432 g/mol. The minimum Gasteiger partial charge on any atom is -0.493 e. The van der Waals surface area contributed by atoms with Gasteiger partial charge in [-0.3, -0.25) is 4.79 Å². The molecule has 0 spiro atoms. The number of hydrogen-bond donors (Lipinski definition) is 1. The van der Waals surface area contributed by atoms with Crippen LogP contribution in [0.2, 0.25) is 0 Å². The van der Waals surface area contributed by atoms with Gasteiger partial charge in [0.2, 0.25) is 0 Å². The van der Waals surface area contributed by atoms with Gasteiger partial charge in [0.1, 0.15) is 22.8 Å². The summed E-state index contributed by atoms with van der Waals surface area (Å²) in [5.41, 5.74) is 1.17. The molecule has 2 rings (SSSR count). The lowest BCUT2D eigenvalue weighted by atomic mass is 10.1. The second-order valence-electron chi connectivity index (χ2n) is 8.31. The van der Waals surface area contributed by atoms with Crippen molar-refractivity contribution in [1.82, 2.24) is 0 Å². The van der Waals surface area contributed by atoms with Crippen LogP contribution >= 0.6 is 0 Å². The fourth-order valence-electron chi connectivity index (χ4n) is 3.66. The lowest BCUT2D eigenvalue weighted by Crippen LogP contribution is -2.06.